The molecule has 118 valence electrons. The number of nitrogens with one attached hydrogen (secondary N) is 3. The van der Waals surface area contributed by atoms with Crippen molar-refractivity contribution in [3.05, 3.63) is 0 Å². The molecule has 2 amide bonds. The van der Waals surface area contributed by atoms with Crippen LogP contribution in [0.2, 0.25) is 0 Å². The normalized spacial score (nSPS) is 37.0. The Morgan fingerprint density at radius 2 is 1.81 bits per heavy atom. The Balaban J connectivity index is 1.54. The molecule has 5 heteroatoms. The molecule has 4 unspecified atom stereocenters. The summed E-state index contributed by atoms with van der Waals surface area (Å²) in [5.41, 5.74) is 0. The molecule has 4 atom stereocenters. The zero-order valence-electron chi connectivity index (χ0n) is 12.7. The zero-order valence-corrected chi connectivity index (χ0v) is 12.7. The first-order valence-electron chi connectivity index (χ1n) is 8.58. The molecule has 3 rings (SSSR count). The van der Waals surface area contributed by atoms with Crippen molar-refractivity contribution < 1.29 is 9.59 Å². The van der Waals surface area contributed by atoms with Crippen molar-refractivity contribution in [2.24, 2.45) is 5.92 Å². The maximum absolute atomic E-state index is 12.4. The fourth-order valence-electron chi connectivity index (χ4n) is 4.05. The van der Waals surface area contributed by atoms with Crippen LogP contribution in [0.3, 0.4) is 0 Å². The van der Waals surface area contributed by atoms with Crippen LogP contribution in [0.1, 0.15) is 57.8 Å². The molecule has 3 aliphatic rings. The topological polar surface area (TPSA) is 70.2 Å². The van der Waals surface area contributed by atoms with Crippen LogP contribution >= 0.6 is 0 Å². The molecule has 1 saturated carbocycles. The van der Waals surface area contributed by atoms with Crippen molar-refractivity contribution in [3.63, 3.8) is 0 Å². The SMILES string of the molecule is O=C1NCCCCC1NC(=O)C1CCC2CCCCC2N1. The van der Waals surface area contributed by atoms with Gasteiger partial charge in [-0.25, -0.2) is 0 Å². The summed E-state index contributed by atoms with van der Waals surface area (Å²) in [7, 11) is 0. The van der Waals surface area contributed by atoms with E-state index in [1.54, 1.807) is 0 Å². The predicted molar refractivity (Wildman–Crippen MR) is 80.7 cm³/mol. The van der Waals surface area contributed by atoms with Crippen LogP contribution in [0.25, 0.3) is 0 Å². The van der Waals surface area contributed by atoms with Gasteiger partial charge in [0.25, 0.3) is 0 Å². The van der Waals surface area contributed by atoms with Crippen LogP contribution in [0.4, 0.5) is 0 Å². The largest absolute Gasteiger partial charge is 0.354 e. The molecule has 1 aliphatic carbocycles. The van der Waals surface area contributed by atoms with Gasteiger partial charge >= 0.3 is 0 Å². The van der Waals surface area contributed by atoms with Gasteiger partial charge in [-0.05, 0) is 50.9 Å². The molecule has 0 aromatic rings. The monoisotopic (exact) mass is 293 g/mol. The lowest BCUT2D eigenvalue weighted by molar-refractivity contribution is -0.130. The van der Waals surface area contributed by atoms with Crippen LogP contribution in [0.5, 0.6) is 0 Å². The van der Waals surface area contributed by atoms with Crippen LogP contribution in [-0.2, 0) is 9.59 Å². The highest BCUT2D eigenvalue weighted by molar-refractivity contribution is 5.89. The fraction of sp³-hybridized carbons (Fsp3) is 0.875. The van der Waals surface area contributed by atoms with E-state index in [9.17, 15) is 9.59 Å². The lowest BCUT2D eigenvalue weighted by Gasteiger charge is -2.40. The number of carbonyl (C=O) groups is 2. The lowest BCUT2D eigenvalue weighted by atomic mass is 9.77. The molecule has 0 radical (unpaired) electrons. The van der Waals surface area contributed by atoms with Gasteiger partial charge < -0.3 is 16.0 Å². The summed E-state index contributed by atoms with van der Waals surface area (Å²) in [4.78, 5) is 24.4. The van der Waals surface area contributed by atoms with Crippen molar-refractivity contribution in [1.29, 1.82) is 0 Å². The van der Waals surface area contributed by atoms with Crippen LogP contribution < -0.4 is 16.0 Å². The highest BCUT2D eigenvalue weighted by Gasteiger charge is 2.35. The van der Waals surface area contributed by atoms with Gasteiger partial charge in [-0.2, -0.15) is 0 Å². The Kier molecular flexibility index (Phi) is 4.78. The van der Waals surface area contributed by atoms with E-state index in [0.717, 1.165) is 44.6 Å². The average molecular weight is 293 g/mol. The summed E-state index contributed by atoms with van der Waals surface area (Å²) in [6.07, 6.45) is 9.91. The lowest BCUT2D eigenvalue weighted by Crippen LogP contribution is -2.57. The fourth-order valence-corrected chi connectivity index (χ4v) is 4.05. The van der Waals surface area contributed by atoms with Crippen molar-refractivity contribution in [2.45, 2.75) is 75.9 Å². The number of amides is 2. The van der Waals surface area contributed by atoms with Crippen molar-refractivity contribution >= 4 is 11.8 Å². The summed E-state index contributed by atoms with van der Waals surface area (Å²) in [6.45, 7) is 0.733. The van der Waals surface area contributed by atoms with Gasteiger partial charge in [0.15, 0.2) is 0 Å². The molecule has 2 saturated heterocycles. The highest BCUT2D eigenvalue weighted by atomic mass is 16.2. The summed E-state index contributed by atoms with van der Waals surface area (Å²) < 4.78 is 0. The summed E-state index contributed by atoms with van der Waals surface area (Å²) >= 11 is 0. The van der Waals surface area contributed by atoms with Crippen molar-refractivity contribution in [1.82, 2.24) is 16.0 Å². The third kappa shape index (κ3) is 3.57. The second-order valence-corrected chi connectivity index (χ2v) is 6.80. The van der Waals surface area contributed by atoms with Gasteiger partial charge in [-0.1, -0.05) is 12.8 Å². The number of fused-ring (bicyclic) bond motifs is 1. The first-order chi connectivity index (χ1) is 10.2. The van der Waals surface area contributed by atoms with E-state index in [1.165, 1.54) is 25.7 Å². The first kappa shape index (κ1) is 14.8. The van der Waals surface area contributed by atoms with Gasteiger partial charge in [0.05, 0.1) is 6.04 Å². The summed E-state index contributed by atoms with van der Waals surface area (Å²) in [5, 5.41) is 9.37. The molecule has 5 nitrogen and oxygen atoms in total. The van der Waals surface area contributed by atoms with E-state index in [4.69, 9.17) is 0 Å². The molecule has 0 bridgehead atoms. The average Bonchev–Trinajstić information content (AvgIpc) is 2.72. The minimum absolute atomic E-state index is 0.0149. The molecule has 2 aliphatic heterocycles. The number of hydrogen-bond donors (Lipinski definition) is 3. The molecule has 0 aromatic carbocycles. The number of rotatable bonds is 2. The summed E-state index contributed by atoms with van der Waals surface area (Å²) in [5.74, 6) is 0.747. The molecule has 3 N–H and O–H groups in total. The molecular formula is C16H27N3O2. The predicted octanol–water partition coefficient (Wildman–Crippen LogP) is 1.08. The quantitative estimate of drug-likeness (QED) is 0.713. The van der Waals surface area contributed by atoms with Gasteiger partial charge in [-0.15, -0.1) is 0 Å². The van der Waals surface area contributed by atoms with E-state index in [-0.39, 0.29) is 23.9 Å². The third-order valence-corrected chi connectivity index (χ3v) is 5.32. The van der Waals surface area contributed by atoms with Crippen molar-refractivity contribution in [2.75, 3.05) is 6.54 Å². The highest BCUT2D eigenvalue weighted by Crippen LogP contribution is 2.32. The standard InChI is InChI=1S/C16H27N3O2/c20-15-13(7-3-4-10-17-15)19-16(21)14-9-8-11-5-1-2-6-12(11)18-14/h11-14,18H,1-10H2,(H,17,20)(H,19,21). The minimum Gasteiger partial charge on any atom is -0.354 e. The Morgan fingerprint density at radius 1 is 1.00 bits per heavy atom. The van der Waals surface area contributed by atoms with Gasteiger partial charge in [0.2, 0.25) is 11.8 Å². The smallest absolute Gasteiger partial charge is 0.242 e. The third-order valence-electron chi connectivity index (χ3n) is 5.32. The molecule has 2 heterocycles. The number of carbonyl (C=O) groups excluding carboxylic acids is 2. The minimum atomic E-state index is -0.342. The molecule has 0 aromatic heterocycles. The van der Waals surface area contributed by atoms with Gasteiger partial charge in [0, 0.05) is 12.6 Å². The van der Waals surface area contributed by atoms with Gasteiger partial charge in [0.1, 0.15) is 6.04 Å². The molecule has 0 spiro atoms. The second kappa shape index (κ2) is 6.77. The Bertz CT molecular complexity index is 399. The van der Waals surface area contributed by atoms with E-state index >= 15 is 0 Å². The van der Waals surface area contributed by atoms with E-state index in [2.05, 4.69) is 16.0 Å². The second-order valence-electron chi connectivity index (χ2n) is 6.80. The van der Waals surface area contributed by atoms with Crippen LogP contribution in [0, 0.1) is 5.92 Å². The van der Waals surface area contributed by atoms with E-state index in [1.807, 2.05) is 0 Å². The van der Waals surface area contributed by atoms with Gasteiger partial charge in [-0.3, -0.25) is 9.59 Å². The molecule has 3 fully saturated rings. The van der Waals surface area contributed by atoms with Crippen LogP contribution in [0.15, 0.2) is 0 Å². The van der Waals surface area contributed by atoms with Crippen LogP contribution in [-0.4, -0.2) is 36.5 Å². The first-order valence-corrected chi connectivity index (χ1v) is 8.58. The zero-order chi connectivity index (χ0) is 14.7. The van der Waals surface area contributed by atoms with Crippen molar-refractivity contribution in [3.8, 4) is 0 Å². The maximum atomic E-state index is 12.4. The molecular weight excluding hydrogens is 266 g/mol. The maximum Gasteiger partial charge on any atom is 0.242 e. The van der Waals surface area contributed by atoms with E-state index < -0.39 is 0 Å². The Labute approximate surface area is 126 Å². The van der Waals surface area contributed by atoms with E-state index in [0.29, 0.717) is 6.04 Å². The number of hydrogen-bond acceptors (Lipinski definition) is 3. The Morgan fingerprint density at radius 3 is 2.71 bits per heavy atom. The molecule has 21 heavy (non-hydrogen) atoms. The Hall–Kier alpha value is -1.10. The summed E-state index contributed by atoms with van der Waals surface area (Å²) in [6, 6.07) is 0.0532. The number of piperidine rings is 1.